The Morgan fingerprint density at radius 1 is 1.24 bits per heavy atom. The van der Waals surface area contributed by atoms with Gasteiger partial charge in [0.05, 0.1) is 5.69 Å². The van der Waals surface area contributed by atoms with E-state index in [4.69, 9.17) is 10.5 Å². The van der Waals surface area contributed by atoms with Crippen molar-refractivity contribution in [3.05, 3.63) is 12.1 Å². The van der Waals surface area contributed by atoms with Crippen LogP contribution in [0.3, 0.4) is 0 Å². The first-order valence-corrected chi connectivity index (χ1v) is 7.97. The first-order valence-electron chi connectivity index (χ1n) is 7.97. The number of anilines is 2. The summed E-state index contributed by atoms with van der Waals surface area (Å²) in [6.45, 7) is 12.8. The maximum absolute atomic E-state index is 5.98. The van der Waals surface area contributed by atoms with Gasteiger partial charge in [-0.3, -0.25) is 0 Å². The fraction of sp³-hybridized carbons (Fsp3) is 0.706. The molecule has 0 unspecified atom stereocenters. The molecule has 4 nitrogen and oxygen atoms in total. The summed E-state index contributed by atoms with van der Waals surface area (Å²) in [6, 6.07) is 3.90. The molecule has 0 atom stereocenters. The highest BCUT2D eigenvalue weighted by Gasteiger charge is 2.23. The number of nitrogens with two attached hydrogens (primary N) is 1. The SMILES string of the molecule is CC(C)C1CCN(c2ccc(N)c(OC(C)(C)C)n2)CC1. The van der Waals surface area contributed by atoms with Crippen LogP contribution in [0.2, 0.25) is 0 Å². The number of ether oxygens (including phenoxy) is 1. The highest BCUT2D eigenvalue weighted by Crippen LogP contribution is 2.30. The lowest BCUT2D eigenvalue weighted by molar-refractivity contribution is 0.125. The average molecular weight is 291 g/mol. The average Bonchev–Trinajstić information content (AvgIpc) is 2.40. The summed E-state index contributed by atoms with van der Waals surface area (Å²) in [4.78, 5) is 6.97. The molecule has 1 aliphatic heterocycles. The first kappa shape index (κ1) is 15.9. The molecule has 1 aromatic heterocycles. The smallest absolute Gasteiger partial charge is 0.239 e. The third kappa shape index (κ3) is 4.26. The molecule has 21 heavy (non-hydrogen) atoms. The van der Waals surface area contributed by atoms with E-state index in [1.165, 1.54) is 12.8 Å². The van der Waals surface area contributed by atoms with Crippen LogP contribution in [-0.4, -0.2) is 23.7 Å². The monoisotopic (exact) mass is 291 g/mol. The molecule has 1 aliphatic rings. The van der Waals surface area contributed by atoms with Gasteiger partial charge in [0.1, 0.15) is 11.4 Å². The van der Waals surface area contributed by atoms with Crippen LogP contribution in [0.15, 0.2) is 12.1 Å². The third-order valence-corrected chi connectivity index (χ3v) is 4.08. The Kier molecular flexibility index (Phi) is 4.64. The summed E-state index contributed by atoms with van der Waals surface area (Å²) in [5.41, 5.74) is 6.30. The van der Waals surface area contributed by atoms with Gasteiger partial charge < -0.3 is 15.4 Å². The van der Waals surface area contributed by atoms with Crippen molar-refractivity contribution in [3.8, 4) is 5.88 Å². The zero-order valence-electron chi connectivity index (χ0n) is 14.0. The molecule has 0 aromatic carbocycles. The molecule has 2 rings (SSSR count). The van der Waals surface area contributed by atoms with Gasteiger partial charge >= 0.3 is 0 Å². The Labute approximate surface area is 128 Å². The molecule has 1 fully saturated rings. The summed E-state index contributed by atoms with van der Waals surface area (Å²) >= 11 is 0. The van der Waals surface area contributed by atoms with Crippen molar-refractivity contribution >= 4 is 11.5 Å². The predicted octanol–water partition coefficient (Wildman–Crippen LogP) is 3.71. The van der Waals surface area contributed by atoms with Gasteiger partial charge in [0.2, 0.25) is 5.88 Å². The normalized spacial score (nSPS) is 17.3. The van der Waals surface area contributed by atoms with Gasteiger partial charge in [-0.2, -0.15) is 4.98 Å². The molecule has 1 aromatic rings. The Hall–Kier alpha value is -1.45. The van der Waals surface area contributed by atoms with E-state index in [0.717, 1.165) is 30.7 Å². The summed E-state index contributed by atoms with van der Waals surface area (Å²) < 4.78 is 5.86. The van der Waals surface area contributed by atoms with E-state index in [2.05, 4.69) is 23.7 Å². The summed E-state index contributed by atoms with van der Waals surface area (Å²) in [5, 5.41) is 0. The van der Waals surface area contributed by atoms with Crippen molar-refractivity contribution in [2.75, 3.05) is 23.7 Å². The van der Waals surface area contributed by atoms with Crippen molar-refractivity contribution in [2.24, 2.45) is 11.8 Å². The number of hydrogen-bond donors (Lipinski definition) is 1. The third-order valence-electron chi connectivity index (χ3n) is 4.08. The van der Waals surface area contributed by atoms with Crippen molar-refractivity contribution in [3.63, 3.8) is 0 Å². The van der Waals surface area contributed by atoms with Crippen LogP contribution in [0.25, 0.3) is 0 Å². The van der Waals surface area contributed by atoms with Gasteiger partial charge in [-0.05, 0) is 57.6 Å². The molecule has 118 valence electrons. The van der Waals surface area contributed by atoms with E-state index in [1.807, 2.05) is 32.9 Å². The fourth-order valence-electron chi connectivity index (χ4n) is 2.78. The first-order chi connectivity index (χ1) is 9.76. The Bertz CT molecular complexity index is 471. The van der Waals surface area contributed by atoms with E-state index >= 15 is 0 Å². The van der Waals surface area contributed by atoms with Crippen LogP contribution in [0.5, 0.6) is 5.88 Å². The van der Waals surface area contributed by atoms with E-state index in [9.17, 15) is 0 Å². The minimum atomic E-state index is -0.287. The Morgan fingerprint density at radius 3 is 2.38 bits per heavy atom. The van der Waals surface area contributed by atoms with Gasteiger partial charge in [0.15, 0.2) is 0 Å². The van der Waals surface area contributed by atoms with Crippen LogP contribution >= 0.6 is 0 Å². The second kappa shape index (κ2) is 6.12. The maximum atomic E-state index is 5.98. The van der Waals surface area contributed by atoms with Crippen LogP contribution in [0.4, 0.5) is 11.5 Å². The largest absolute Gasteiger partial charge is 0.470 e. The van der Waals surface area contributed by atoms with Gasteiger partial charge in [0, 0.05) is 13.1 Å². The highest BCUT2D eigenvalue weighted by molar-refractivity contribution is 5.54. The lowest BCUT2D eigenvalue weighted by Crippen LogP contribution is -2.36. The zero-order chi connectivity index (χ0) is 15.6. The lowest BCUT2D eigenvalue weighted by Gasteiger charge is -2.35. The number of piperidine rings is 1. The minimum absolute atomic E-state index is 0.287. The highest BCUT2D eigenvalue weighted by atomic mass is 16.5. The molecular formula is C17H29N3O. The van der Waals surface area contributed by atoms with Gasteiger partial charge in [-0.15, -0.1) is 0 Å². The number of nitrogen functional groups attached to an aromatic ring is 1. The molecule has 4 heteroatoms. The molecule has 0 radical (unpaired) electrons. The second-order valence-corrected chi connectivity index (χ2v) is 7.35. The van der Waals surface area contributed by atoms with Crippen molar-refractivity contribution < 1.29 is 4.74 Å². The quantitative estimate of drug-likeness (QED) is 0.922. The molecular weight excluding hydrogens is 262 g/mol. The maximum Gasteiger partial charge on any atom is 0.239 e. The minimum Gasteiger partial charge on any atom is -0.470 e. The molecule has 2 N–H and O–H groups in total. The Balaban J connectivity index is 2.09. The van der Waals surface area contributed by atoms with Crippen LogP contribution in [0.1, 0.15) is 47.5 Å². The van der Waals surface area contributed by atoms with Crippen molar-refractivity contribution in [2.45, 2.75) is 53.1 Å². The molecule has 0 spiro atoms. The van der Waals surface area contributed by atoms with Crippen molar-refractivity contribution in [1.82, 2.24) is 4.98 Å². The van der Waals surface area contributed by atoms with Gasteiger partial charge in [0.25, 0.3) is 0 Å². The number of hydrogen-bond acceptors (Lipinski definition) is 4. The van der Waals surface area contributed by atoms with Crippen LogP contribution < -0.4 is 15.4 Å². The molecule has 1 saturated heterocycles. The molecule has 0 bridgehead atoms. The zero-order valence-corrected chi connectivity index (χ0v) is 14.0. The van der Waals surface area contributed by atoms with E-state index in [0.29, 0.717) is 11.6 Å². The van der Waals surface area contributed by atoms with E-state index in [1.54, 1.807) is 0 Å². The van der Waals surface area contributed by atoms with Crippen molar-refractivity contribution in [1.29, 1.82) is 0 Å². The van der Waals surface area contributed by atoms with E-state index < -0.39 is 0 Å². The number of aromatic nitrogens is 1. The summed E-state index contributed by atoms with van der Waals surface area (Å²) in [7, 11) is 0. The van der Waals surface area contributed by atoms with Crippen LogP contribution in [-0.2, 0) is 0 Å². The second-order valence-electron chi connectivity index (χ2n) is 7.35. The number of nitrogens with zero attached hydrogens (tertiary/aromatic N) is 2. The fourth-order valence-corrected chi connectivity index (χ4v) is 2.78. The summed E-state index contributed by atoms with van der Waals surface area (Å²) in [5.74, 6) is 3.13. The molecule has 0 amide bonds. The predicted molar refractivity (Wildman–Crippen MR) is 88.8 cm³/mol. The number of rotatable bonds is 3. The molecule has 0 aliphatic carbocycles. The topological polar surface area (TPSA) is 51.4 Å². The molecule has 2 heterocycles. The number of pyridine rings is 1. The standard InChI is InChI=1S/C17H29N3O/c1-12(2)13-8-10-20(11-9-13)15-7-6-14(18)16(19-15)21-17(3,4)5/h6-7,12-13H,8-11,18H2,1-5H3. The van der Waals surface area contributed by atoms with Gasteiger partial charge in [-0.1, -0.05) is 13.8 Å². The van der Waals surface area contributed by atoms with E-state index in [-0.39, 0.29) is 5.60 Å². The lowest BCUT2D eigenvalue weighted by atomic mass is 9.87. The molecule has 0 saturated carbocycles. The summed E-state index contributed by atoms with van der Waals surface area (Å²) in [6.07, 6.45) is 2.47. The van der Waals surface area contributed by atoms with Gasteiger partial charge in [-0.25, -0.2) is 0 Å². The van der Waals surface area contributed by atoms with Crippen LogP contribution in [0, 0.1) is 11.8 Å². The Morgan fingerprint density at radius 2 is 1.86 bits per heavy atom.